The van der Waals surface area contributed by atoms with Crippen LogP contribution in [0.2, 0.25) is 0 Å². The summed E-state index contributed by atoms with van der Waals surface area (Å²) in [5.41, 5.74) is -0.361. The number of halogens is 2. The Morgan fingerprint density at radius 2 is 2.46 bits per heavy atom. The minimum absolute atomic E-state index is 0.112. The highest BCUT2D eigenvalue weighted by molar-refractivity contribution is 9.07. The Labute approximate surface area is 92.3 Å². The van der Waals surface area contributed by atoms with Crippen molar-refractivity contribution in [2.75, 3.05) is 6.54 Å². The average Bonchev–Trinajstić information content (AvgIpc) is 1.99. The molecule has 1 heterocycles. The first-order valence-corrected chi connectivity index (χ1v) is 5.35. The molecule has 1 aliphatic heterocycles. The van der Waals surface area contributed by atoms with E-state index < -0.39 is 0 Å². The molecule has 74 valence electrons. The van der Waals surface area contributed by atoms with E-state index in [1.165, 1.54) is 0 Å². The van der Waals surface area contributed by atoms with E-state index in [4.69, 9.17) is 11.6 Å². The van der Waals surface area contributed by atoms with Gasteiger partial charge in [0.15, 0.2) is 0 Å². The highest BCUT2D eigenvalue weighted by atomic mass is 79.9. The maximum Gasteiger partial charge on any atom is 0.238 e. The van der Waals surface area contributed by atoms with Gasteiger partial charge in [-0.3, -0.25) is 8.72 Å². The second-order valence-corrected chi connectivity index (χ2v) is 5.14. The molecular formula is C9H13BrClNO. The number of amides is 1. The van der Waals surface area contributed by atoms with Crippen molar-refractivity contribution in [1.82, 2.24) is 3.93 Å². The Morgan fingerprint density at radius 3 is 3.00 bits per heavy atom. The molecule has 1 rings (SSSR count). The fraction of sp³-hybridized carbons (Fsp3) is 0.667. The van der Waals surface area contributed by atoms with Crippen LogP contribution in [0.25, 0.3) is 0 Å². The summed E-state index contributed by atoms with van der Waals surface area (Å²) in [5, 5.41) is 0.554. The summed E-state index contributed by atoms with van der Waals surface area (Å²) in [7, 11) is 0. The van der Waals surface area contributed by atoms with Gasteiger partial charge in [0, 0.05) is 11.6 Å². The van der Waals surface area contributed by atoms with Gasteiger partial charge in [-0.25, -0.2) is 0 Å². The lowest BCUT2D eigenvalue weighted by Gasteiger charge is -2.35. The first-order chi connectivity index (χ1) is 5.96. The first kappa shape index (κ1) is 11.1. The summed E-state index contributed by atoms with van der Waals surface area (Å²) in [5.74, 6) is 0.112. The van der Waals surface area contributed by atoms with Crippen LogP contribution in [0, 0.1) is 5.41 Å². The molecule has 1 aliphatic rings. The SMILES string of the molecule is C=C(Cl)C[C@]1(C)CCCN(Br)C1=O. The number of piperidine rings is 1. The molecule has 0 unspecified atom stereocenters. The third-order valence-corrected chi connectivity index (χ3v) is 3.21. The highest BCUT2D eigenvalue weighted by Crippen LogP contribution is 2.38. The molecule has 0 aromatic carbocycles. The molecule has 2 nitrogen and oxygen atoms in total. The lowest BCUT2D eigenvalue weighted by atomic mass is 9.79. The Hall–Kier alpha value is -0.0200. The Kier molecular flexibility index (Phi) is 3.41. The molecular weight excluding hydrogens is 253 g/mol. The fourth-order valence-electron chi connectivity index (χ4n) is 1.70. The van der Waals surface area contributed by atoms with Crippen LogP contribution in [0.1, 0.15) is 26.2 Å². The summed E-state index contributed by atoms with van der Waals surface area (Å²) in [6.07, 6.45) is 2.47. The molecule has 0 bridgehead atoms. The molecule has 1 atom stereocenters. The maximum absolute atomic E-state index is 11.8. The topological polar surface area (TPSA) is 20.3 Å². The van der Waals surface area contributed by atoms with Crippen LogP contribution < -0.4 is 0 Å². The van der Waals surface area contributed by atoms with Crippen LogP contribution in [-0.2, 0) is 4.79 Å². The summed E-state index contributed by atoms with van der Waals surface area (Å²) in [6, 6.07) is 0. The van der Waals surface area contributed by atoms with Crippen molar-refractivity contribution in [2.45, 2.75) is 26.2 Å². The minimum Gasteiger partial charge on any atom is -0.278 e. The lowest BCUT2D eigenvalue weighted by molar-refractivity contribution is -0.138. The second kappa shape index (κ2) is 4.01. The first-order valence-electron chi connectivity index (χ1n) is 4.27. The summed E-state index contributed by atoms with van der Waals surface area (Å²) in [4.78, 5) is 11.8. The Balaban J connectivity index is 2.75. The highest BCUT2D eigenvalue weighted by Gasteiger charge is 2.39. The van der Waals surface area contributed by atoms with Gasteiger partial charge in [0.25, 0.3) is 0 Å². The predicted octanol–water partition coefficient (Wildman–Crippen LogP) is 3.07. The van der Waals surface area contributed by atoms with Gasteiger partial charge < -0.3 is 0 Å². The van der Waals surface area contributed by atoms with E-state index >= 15 is 0 Å². The van der Waals surface area contributed by atoms with Gasteiger partial charge in [0.2, 0.25) is 5.91 Å². The normalized spacial score (nSPS) is 29.2. The quantitative estimate of drug-likeness (QED) is 0.704. The monoisotopic (exact) mass is 265 g/mol. The van der Waals surface area contributed by atoms with Gasteiger partial charge in [-0.05, 0) is 19.3 Å². The number of hydrogen-bond donors (Lipinski definition) is 0. The van der Waals surface area contributed by atoms with E-state index in [1.807, 2.05) is 6.92 Å². The third kappa shape index (κ3) is 2.47. The van der Waals surface area contributed by atoms with Crippen molar-refractivity contribution in [3.05, 3.63) is 11.6 Å². The number of carbonyl (C=O) groups excluding carboxylic acids is 1. The fourth-order valence-corrected chi connectivity index (χ4v) is 2.67. The number of allylic oxidation sites excluding steroid dienone is 1. The molecule has 0 radical (unpaired) electrons. The van der Waals surface area contributed by atoms with Crippen molar-refractivity contribution in [1.29, 1.82) is 0 Å². The number of rotatable bonds is 2. The van der Waals surface area contributed by atoms with Crippen molar-refractivity contribution in [3.8, 4) is 0 Å². The number of nitrogens with zero attached hydrogens (tertiary/aromatic N) is 1. The Bertz CT molecular complexity index is 244. The molecule has 4 heteroatoms. The largest absolute Gasteiger partial charge is 0.278 e. The molecule has 0 spiro atoms. The van der Waals surface area contributed by atoms with Crippen LogP contribution >= 0.6 is 27.7 Å². The molecule has 0 N–H and O–H groups in total. The van der Waals surface area contributed by atoms with E-state index in [9.17, 15) is 4.79 Å². The average molecular weight is 267 g/mol. The van der Waals surface area contributed by atoms with Gasteiger partial charge in [-0.2, -0.15) is 0 Å². The third-order valence-electron chi connectivity index (χ3n) is 2.40. The van der Waals surface area contributed by atoms with Gasteiger partial charge in [0.05, 0.1) is 21.6 Å². The van der Waals surface area contributed by atoms with E-state index in [1.54, 1.807) is 3.93 Å². The molecule has 13 heavy (non-hydrogen) atoms. The smallest absolute Gasteiger partial charge is 0.238 e. The summed E-state index contributed by atoms with van der Waals surface area (Å²) >= 11 is 8.96. The summed E-state index contributed by atoms with van der Waals surface area (Å²) < 4.78 is 1.59. The van der Waals surface area contributed by atoms with Crippen LogP contribution in [-0.4, -0.2) is 16.4 Å². The zero-order valence-electron chi connectivity index (χ0n) is 7.65. The minimum atomic E-state index is -0.361. The standard InChI is InChI=1S/C9H13BrClNO/c1-7(11)6-9(2)4-3-5-12(10)8(9)13/h1,3-6H2,2H3/t9-/m0/s1. The van der Waals surface area contributed by atoms with Crippen LogP contribution in [0.4, 0.5) is 0 Å². The molecule has 1 saturated heterocycles. The van der Waals surface area contributed by atoms with E-state index in [0.29, 0.717) is 11.5 Å². The molecule has 0 saturated carbocycles. The molecule has 1 fully saturated rings. The van der Waals surface area contributed by atoms with Crippen molar-refractivity contribution >= 4 is 33.7 Å². The maximum atomic E-state index is 11.8. The van der Waals surface area contributed by atoms with Gasteiger partial charge >= 0.3 is 0 Å². The van der Waals surface area contributed by atoms with Crippen molar-refractivity contribution in [2.24, 2.45) is 5.41 Å². The van der Waals surface area contributed by atoms with Crippen LogP contribution in [0.15, 0.2) is 11.6 Å². The molecule has 0 aliphatic carbocycles. The zero-order chi connectivity index (χ0) is 10.1. The van der Waals surface area contributed by atoms with Crippen molar-refractivity contribution in [3.63, 3.8) is 0 Å². The van der Waals surface area contributed by atoms with Crippen molar-refractivity contribution < 1.29 is 4.79 Å². The molecule has 0 aromatic heterocycles. The lowest BCUT2D eigenvalue weighted by Crippen LogP contribution is -2.42. The van der Waals surface area contributed by atoms with E-state index in [-0.39, 0.29) is 11.3 Å². The summed E-state index contributed by atoms with van der Waals surface area (Å²) in [6.45, 7) is 6.36. The molecule has 1 amide bonds. The second-order valence-electron chi connectivity index (χ2n) is 3.75. The van der Waals surface area contributed by atoms with Gasteiger partial charge in [-0.1, -0.05) is 25.1 Å². The van der Waals surface area contributed by atoms with Gasteiger partial charge in [-0.15, -0.1) is 0 Å². The Morgan fingerprint density at radius 1 is 1.85 bits per heavy atom. The van der Waals surface area contributed by atoms with Crippen LogP contribution in [0.3, 0.4) is 0 Å². The number of hydrogen-bond acceptors (Lipinski definition) is 1. The number of carbonyl (C=O) groups is 1. The molecule has 0 aromatic rings. The van der Waals surface area contributed by atoms with E-state index in [2.05, 4.69) is 22.7 Å². The zero-order valence-corrected chi connectivity index (χ0v) is 9.99. The van der Waals surface area contributed by atoms with E-state index in [0.717, 1.165) is 19.4 Å². The van der Waals surface area contributed by atoms with Crippen LogP contribution in [0.5, 0.6) is 0 Å². The van der Waals surface area contributed by atoms with Gasteiger partial charge in [0.1, 0.15) is 0 Å². The predicted molar refractivity (Wildman–Crippen MR) is 57.6 cm³/mol.